The summed E-state index contributed by atoms with van der Waals surface area (Å²) in [6.45, 7) is 6.22. The molecule has 0 bridgehead atoms. The molecule has 1 aromatic heterocycles. The number of carbonyl (C=O) groups is 1. The lowest BCUT2D eigenvalue weighted by molar-refractivity contribution is -0.138. The van der Waals surface area contributed by atoms with Crippen molar-refractivity contribution in [3.8, 4) is 0 Å². The third-order valence-electron chi connectivity index (χ3n) is 3.78. The smallest absolute Gasteiger partial charge is 0.305 e. The van der Waals surface area contributed by atoms with Crippen LogP contribution in [0.5, 0.6) is 0 Å². The van der Waals surface area contributed by atoms with Gasteiger partial charge in [-0.2, -0.15) is 0 Å². The number of carboxylic acid groups (broad SMARTS) is 1. The van der Waals surface area contributed by atoms with E-state index in [2.05, 4.69) is 22.4 Å². The van der Waals surface area contributed by atoms with Crippen LogP contribution in [0, 0.1) is 5.92 Å². The summed E-state index contributed by atoms with van der Waals surface area (Å²) in [6, 6.07) is -0.174. The molecule has 1 aromatic rings. The molecule has 0 amide bonds. The van der Waals surface area contributed by atoms with Gasteiger partial charge in [0.15, 0.2) is 5.82 Å². The summed E-state index contributed by atoms with van der Waals surface area (Å²) >= 11 is 0. The van der Waals surface area contributed by atoms with Gasteiger partial charge in [0, 0.05) is 6.42 Å². The summed E-state index contributed by atoms with van der Waals surface area (Å²) in [5.41, 5.74) is 0. The summed E-state index contributed by atoms with van der Waals surface area (Å²) in [6.07, 6.45) is 8.21. The van der Waals surface area contributed by atoms with Crippen molar-refractivity contribution in [2.45, 2.75) is 78.2 Å². The molecule has 0 saturated heterocycles. The maximum Gasteiger partial charge on any atom is 0.305 e. The summed E-state index contributed by atoms with van der Waals surface area (Å²) < 4.78 is 1.71. The fourth-order valence-corrected chi connectivity index (χ4v) is 2.48. The fourth-order valence-electron chi connectivity index (χ4n) is 2.48. The predicted octanol–water partition coefficient (Wildman–Crippen LogP) is 3.25. The molecule has 0 aliphatic rings. The van der Waals surface area contributed by atoms with Gasteiger partial charge in [-0.1, -0.05) is 52.9 Å². The van der Waals surface area contributed by atoms with E-state index in [1.54, 1.807) is 4.68 Å². The van der Waals surface area contributed by atoms with Gasteiger partial charge in [0.2, 0.25) is 0 Å². The van der Waals surface area contributed by atoms with E-state index < -0.39 is 5.97 Å². The Morgan fingerprint density at radius 3 is 2.48 bits per heavy atom. The molecule has 0 aromatic carbocycles. The van der Waals surface area contributed by atoms with Gasteiger partial charge in [0.1, 0.15) is 0 Å². The Balaban J connectivity index is 2.52. The Labute approximate surface area is 126 Å². The minimum atomic E-state index is -0.810. The second-order valence-electron chi connectivity index (χ2n) is 5.97. The van der Waals surface area contributed by atoms with Crippen LogP contribution in [0.15, 0.2) is 0 Å². The number of unbranched alkanes of at least 4 members (excludes halogenated alkanes) is 5. The molecule has 120 valence electrons. The number of rotatable bonds is 11. The minimum absolute atomic E-state index is 0.0617. The predicted molar refractivity (Wildman–Crippen MR) is 81.0 cm³/mol. The van der Waals surface area contributed by atoms with Crippen molar-refractivity contribution in [3.05, 3.63) is 5.82 Å². The van der Waals surface area contributed by atoms with Gasteiger partial charge < -0.3 is 5.11 Å². The molecular weight excluding hydrogens is 268 g/mol. The van der Waals surface area contributed by atoms with Crippen LogP contribution in [-0.4, -0.2) is 31.3 Å². The van der Waals surface area contributed by atoms with Crippen LogP contribution in [-0.2, 0) is 11.2 Å². The molecule has 0 spiro atoms. The second kappa shape index (κ2) is 9.47. The first kappa shape index (κ1) is 17.6. The second-order valence-corrected chi connectivity index (χ2v) is 5.97. The number of aromatic nitrogens is 4. The van der Waals surface area contributed by atoms with Crippen molar-refractivity contribution in [2.75, 3.05) is 0 Å². The molecule has 0 aliphatic heterocycles. The average Bonchev–Trinajstić information content (AvgIpc) is 2.87. The van der Waals surface area contributed by atoms with Crippen molar-refractivity contribution < 1.29 is 9.90 Å². The van der Waals surface area contributed by atoms with Crippen molar-refractivity contribution in [2.24, 2.45) is 5.92 Å². The van der Waals surface area contributed by atoms with Gasteiger partial charge in [0.25, 0.3) is 0 Å². The molecule has 1 N–H and O–H groups in total. The van der Waals surface area contributed by atoms with Gasteiger partial charge in [0.05, 0.1) is 12.5 Å². The Morgan fingerprint density at radius 1 is 1.19 bits per heavy atom. The monoisotopic (exact) mass is 296 g/mol. The zero-order valence-electron chi connectivity index (χ0n) is 13.5. The number of carboxylic acids is 1. The first-order valence-corrected chi connectivity index (χ1v) is 8.04. The van der Waals surface area contributed by atoms with E-state index in [0.717, 1.165) is 18.7 Å². The number of nitrogens with zero attached hydrogens (tertiary/aromatic N) is 4. The maximum absolute atomic E-state index is 11.0. The fraction of sp³-hybridized carbons (Fsp3) is 0.867. The Morgan fingerprint density at radius 2 is 1.86 bits per heavy atom. The number of aryl methyl sites for hydroxylation is 1. The molecule has 0 saturated carbocycles. The number of hydrogen-bond acceptors (Lipinski definition) is 4. The lowest BCUT2D eigenvalue weighted by atomic mass is 10.0. The third kappa shape index (κ3) is 6.23. The highest BCUT2D eigenvalue weighted by Gasteiger charge is 2.23. The first-order chi connectivity index (χ1) is 10.1. The number of aliphatic carboxylic acids is 1. The quantitative estimate of drug-likeness (QED) is 0.634. The minimum Gasteiger partial charge on any atom is -0.481 e. The van der Waals surface area contributed by atoms with Crippen LogP contribution >= 0.6 is 0 Å². The molecular formula is C15H28N4O2. The van der Waals surface area contributed by atoms with Gasteiger partial charge in [-0.25, -0.2) is 4.68 Å². The topological polar surface area (TPSA) is 80.9 Å². The summed E-state index contributed by atoms with van der Waals surface area (Å²) in [4.78, 5) is 11.0. The molecule has 21 heavy (non-hydrogen) atoms. The zero-order valence-corrected chi connectivity index (χ0v) is 13.5. The molecule has 0 fully saturated rings. The van der Waals surface area contributed by atoms with Crippen LogP contribution < -0.4 is 0 Å². The Bertz CT molecular complexity index is 418. The SMILES string of the molecule is CCCCCCCCc1nnnn1C(CC(=O)O)C(C)C. The van der Waals surface area contributed by atoms with E-state index in [-0.39, 0.29) is 18.4 Å². The van der Waals surface area contributed by atoms with E-state index in [1.165, 1.54) is 32.1 Å². The first-order valence-electron chi connectivity index (χ1n) is 8.04. The van der Waals surface area contributed by atoms with Crippen LogP contribution in [0.25, 0.3) is 0 Å². The number of tetrazole rings is 1. The lowest BCUT2D eigenvalue weighted by Crippen LogP contribution is -2.22. The van der Waals surface area contributed by atoms with E-state index in [0.29, 0.717) is 0 Å². The van der Waals surface area contributed by atoms with E-state index >= 15 is 0 Å². The highest BCUT2D eigenvalue weighted by molar-refractivity contribution is 5.67. The van der Waals surface area contributed by atoms with E-state index in [4.69, 9.17) is 5.11 Å². The molecule has 1 rings (SSSR count). The maximum atomic E-state index is 11.0. The molecule has 1 unspecified atom stereocenters. The highest BCUT2D eigenvalue weighted by atomic mass is 16.4. The van der Waals surface area contributed by atoms with Gasteiger partial charge >= 0.3 is 5.97 Å². The van der Waals surface area contributed by atoms with Crippen LogP contribution in [0.1, 0.15) is 77.6 Å². The van der Waals surface area contributed by atoms with Crippen molar-refractivity contribution in [1.29, 1.82) is 0 Å². The van der Waals surface area contributed by atoms with Gasteiger partial charge in [-0.3, -0.25) is 4.79 Å². The van der Waals surface area contributed by atoms with E-state index in [1.807, 2.05) is 13.8 Å². The molecule has 0 aliphatic carbocycles. The lowest BCUT2D eigenvalue weighted by Gasteiger charge is -2.20. The number of hydrogen-bond donors (Lipinski definition) is 1. The largest absolute Gasteiger partial charge is 0.481 e. The average molecular weight is 296 g/mol. The van der Waals surface area contributed by atoms with Crippen molar-refractivity contribution in [3.63, 3.8) is 0 Å². The third-order valence-corrected chi connectivity index (χ3v) is 3.78. The molecule has 6 heteroatoms. The normalized spacial score (nSPS) is 12.8. The highest BCUT2D eigenvalue weighted by Crippen LogP contribution is 2.22. The Kier molecular flexibility index (Phi) is 7.93. The molecule has 1 heterocycles. The van der Waals surface area contributed by atoms with Crippen LogP contribution in [0.3, 0.4) is 0 Å². The zero-order chi connectivity index (χ0) is 15.7. The summed E-state index contributed by atoms with van der Waals surface area (Å²) in [5.74, 6) is 0.188. The summed E-state index contributed by atoms with van der Waals surface area (Å²) in [5, 5.41) is 20.8. The molecule has 0 radical (unpaired) electrons. The van der Waals surface area contributed by atoms with Crippen LogP contribution in [0.2, 0.25) is 0 Å². The molecule has 1 atom stereocenters. The van der Waals surface area contributed by atoms with Crippen molar-refractivity contribution >= 4 is 5.97 Å². The van der Waals surface area contributed by atoms with Crippen molar-refractivity contribution in [1.82, 2.24) is 20.2 Å². The Hall–Kier alpha value is -1.46. The summed E-state index contributed by atoms with van der Waals surface area (Å²) in [7, 11) is 0. The van der Waals surface area contributed by atoms with Gasteiger partial charge in [-0.05, 0) is 22.8 Å². The standard InChI is InChI=1S/C15H28N4O2/c1-4-5-6-7-8-9-10-14-16-17-18-19(14)13(12(2)3)11-15(20)21/h12-13H,4-11H2,1-3H3,(H,20,21). The molecule has 6 nitrogen and oxygen atoms in total. The van der Waals surface area contributed by atoms with Crippen LogP contribution in [0.4, 0.5) is 0 Å². The van der Waals surface area contributed by atoms with E-state index in [9.17, 15) is 4.79 Å². The van der Waals surface area contributed by atoms with Gasteiger partial charge in [-0.15, -0.1) is 5.10 Å².